The van der Waals surface area contributed by atoms with E-state index >= 15 is 0 Å². The predicted molar refractivity (Wildman–Crippen MR) is 133 cm³/mol. The normalized spacial score (nSPS) is 14.6. The summed E-state index contributed by atoms with van der Waals surface area (Å²) < 4.78 is 5.59. The lowest BCUT2D eigenvalue weighted by Gasteiger charge is -2.32. The Labute approximate surface area is 199 Å². The van der Waals surface area contributed by atoms with Gasteiger partial charge in [0.15, 0.2) is 0 Å². The summed E-state index contributed by atoms with van der Waals surface area (Å²) in [4.78, 5) is 30.0. The van der Waals surface area contributed by atoms with Crippen molar-refractivity contribution < 1.29 is 14.3 Å². The van der Waals surface area contributed by atoms with Gasteiger partial charge in [0.05, 0.1) is 13.0 Å². The van der Waals surface area contributed by atoms with Crippen molar-refractivity contribution >= 4 is 28.8 Å². The van der Waals surface area contributed by atoms with Crippen LogP contribution in [0, 0.1) is 0 Å². The van der Waals surface area contributed by atoms with Gasteiger partial charge in [-0.3, -0.25) is 14.5 Å². The van der Waals surface area contributed by atoms with Gasteiger partial charge in [0, 0.05) is 16.6 Å². The summed E-state index contributed by atoms with van der Waals surface area (Å²) in [5.74, 6) is 0.492. The highest BCUT2D eigenvalue weighted by atomic mass is 32.1. The summed E-state index contributed by atoms with van der Waals surface area (Å²) in [7, 11) is 0. The van der Waals surface area contributed by atoms with Crippen LogP contribution >= 0.6 is 11.3 Å². The van der Waals surface area contributed by atoms with E-state index in [0.29, 0.717) is 12.3 Å². The Balaban J connectivity index is 1.72. The molecule has 1 aromatic heterocycles. The fourth-order valence-corrected chi connectivity index (χ4v) is 5.05. The predicted octanol–water partition coefficient (Wildman–Crippen LogP) is 5.52. The summed E-state index contributed by atoms with van der Waals surface area (Å²) in [6.45, 7) is 2.51. The van der Waals surface area contributed by atoms with E-state index in [-0.39, 0.29) is 24.3 Å². The number of anilines is 1. The fraction of sp³-hybridized carbons (Fsp3) is 0.333. The second kappa shape index (κ2) is 11.1. The molecule has 4 rings (SSSR count). The first kappa shape index (κ1) is 23.1. The van der Waals surface area contributed by atoms with Crippen LogP contribution in [0.3, 0.4) is 0 Å². The Morgan fingerprint density at radius 1 is 1.03 bits per heavy atom. The summed E-state index contributed by atoms with van der Waals surface area (Å²) in [6, 6.07) is 20.3. The monoisotopic (exact) mass is 462 g/mol. The highest BCUT2D eigenvalue weighted by Crippen LogP contribution is 2.31. The van der Waals surface area contributed by atoms with Crippen LogP contribution in [-0.4, -0.2) is 24.5 Å². The number of thiophene rings is 1. The number of ether oxygens (including phenoxy) is 1. The van der Waals surface area contributed by atoms with E-state index in [9.17, 15) is 9.59 Å². The van der Waals surface area contributed by atoms with Gasteiger partial charge in [0.1, 0.15) is 11.8 Å². The van der Waals surface area contributed by atoms with Gasteiger partial charge in [-0.1, -0.05) is 49.2 Å². The van der Waals surface area contributed by atoms with Crippen LogP contribution in [0.1, 0.15) is 49.1 Å². The summed E-state index contributed by atoms with van der Waals surface area (Å²) in [5.41, 5.74) is 1.47. The molecule has 3 aromatic rings. The maximum atomic E-state index is 13.7. The van der Waals surface area contributed by atoms with Gasteiger partial charge in [0.25, 0.3) is 0 Å². The number of carbonyl (C=O) groups excluding carboxylic acids is 2. The minimum absolute atomic E-state index is 0.107. The van der Waals surface area contributed by atoms with Gasteiger partial charge in [0.2, 0.25) is 11.8 Å². The molecule has 0 spiro atoms. The van der Waals surface area contributed by atoms with E-state index in [2.05, 4.69) is 5.32 Å². The molecule has 2 amide bonds. The van der Waals surface area contributed by atoms with Gasteiger partial charge in [-0.15, -0.1) is 11.3 Å². The Morgan fingerprint density at radius 2 is 1.76 bits per heavy atom. The quantitative estimate of drug-likeness (QED) is 0.455. The molecule has 1 aliphatic carbocycles. The van der Waals surface area contributed by atoms with Gasteiger partial charge in [-0.25, -0.2) is 0 Å². The molecule has 0 saturated heterocycles. The van der Waals surface area contributed by atoms with Crippen molar-refractivity contribution in [3.05, 3.63) is 82.6 Å². The second-order valence-corrected chi connectivity index (χ2v) is 9.28. The molecule has 1 saturated carbocycles. The first-order valence-corrected chi connectivity index (χ1v) is 12.5. The number of para-hydroxylation sites is 1. The number of hydrogen-bond donors (Lipinski definition) is 1. The van der Waals surface area contributed by atoms with Gasteiger partial charge in [-0.2, -0.15) is 0 Å². The topological polar surface area (TPSA) is 58.6 Å². The maximum absolute atomic E-state index is 13.7. The Kier molecular flexibility index (Phi) is 7.79. The lowest BCUT2D eigenvalue weighted by Crippen LogP contribution is -2.46. The molecule has 5 nitrogen and oxygen atoms in total. The summed E-state index contributed by atoms with van der Waals surface area (Å²) >= 11 is 1.55. The molecule has 172 valence electrons. The summed E-state index contributed by atoms with van der Waals surface area (Å²) in [6.07, 6.45) is 4.46. The Morgan fingerprint density at radius 3 is 2.39 bits per heavy atom. The minimum atomic E-state index is -0.767. The largest absolute Gasteiger partial charge is 0.494 e. The number of nitrogens with zero attached hydrogens (tertiary/aromatic N) is 1. The molecule has 0 bridgehead atoms. The van der Waals surface area contributed by atoms with Crippen molar-refractivity contribution in [3.8, 4) is 5.75 Å². The van der Waals surface area contributed by atoms with Crippen LogP contribution in [0.25, 0.3) is 0 Å². The molecule has 0 aliphatic heterocycles. The van der Waals surface area contributed by atoms with Crippen molar-refractivity contribution in [2.45, 2.75) is 51.1 Å². The number of rotatable bonds is 9. The van der Waals surface area contributed by atoms with Crippen molar-refractivity contribution in [1.82, 2.24) is 5.32 Å². The van der Waals surface area contributed by atoms with Gasteiger partial charge in [-0.05, 0) is 61.0 Å². The van der Waals surface area contributed by atoms with E-state index in [1.54, 1.807) is 16.2 Å². The van der Waals surface area contributed by atoms with Crippen molar-refractivity contribution in [1.29, 1.82) is 0 Å². The SMILES string of the molecule is CCOc1ccc([C@@H](C(=O)NC2CCCC2)N(C(=O)Cc2cccs2)c2ccccc2)cc1. The fourth-order valence-electron chi connectivity index (χ4n) is 4.35. The number of nitrogens with one attached hydrogen (secondary N) is 1. The van der Waals surface area contributed by atoms with E-state index in [4.69, 9.17) is 4.74 Å². The van der Waals surface area contributed by atoms with Crippen molar-refractivity contribution in [3.63, 3.8) is 0 Å². The van der Waals surface area contributed by atoms with E-state index < -0.39 is 6.04 Å². The lowest BCUT2D eigenvalue weighted by molar-refractivity contribution is -0.127. The molecule has 0 radical (unpaired) electrons. The van der Waals surface area contributed by atoms with Crippen LogP contribution in [0.5, 0.6) is 5.75 Å². The van der Waals surface area contributed by atoms with E-state index in [0.717, 1.165) is 41.9 Å². The molecule has 33 heavy (non-hydrogen) atoms. The van der Waals surface area contributed by atoms with Crippen LogP contribution in [0.15, 0.2) is 72.1 Å². The first-order valence-electron chi connectivity index (χ1n) is 11.6. The number of benzene rings is 2. The third-order valence-corrected chi connectivity index (χ3v) is 6.80. The standard InChI is InChI=1S/C27H30N2O3S/c1-2-32-23-16-14-20(15-17-23)26(27(31)28-21-9-6-7-10-21)29(22-11-4-3-5-12-22)25(30)19-24-13-8-18-33-24/h3-5,8,11-18,21,26H,2,6-7,9-10,19H2,1H3,(H,28,31)/t26-/m0/s1. The molecule has 6 heteroatoms. The van der Waals surface area contributed by atoms with Gasteiger partial charge >= 0.3 is 0 Å². The van der Waals surface area contributed by atoms with Crippen LogP contribution in [0.2, 0.25) is 0 Å². The van der Waals surface area contributed by atoms with Crippen LogP contribution < -0.4 is 15.0 Å². The van der Waals surface area contributed by atoms with Crippen molar-refractivity contribution in [2.24, 2.45) is 0 Å². The molecule has 2 aromatic carbocycles. The first-order chi connectivity index (χ1) is 16.2. The maximum Gasteiger partial charge on any atom is 0.248 e. The average Bonchev–Trinajstić information content (AvgIpc) is 3.53. The highest BCUT2D eigenvalue weighted by molar-refractivity contribution is 7.10. The smallest absolute Gasteiger partial charge is 0.248 e. The molecule has 1 fully saturated rings. The molecule has 1 atom stereocenters. The number of carbonyl (C=O) groups is 2. The zero-order chi connectivity index (χ0) is 23.0. The van der Waals surface area contributed by atoms with E-state index in [1.165, 1.54) is 0 Å². The molecule has 1 aliphatic rings. The second-order valence-electron chi connectivity index (χ2n) is 8.25. The third kappa shape index (κ3) is 5.82. The Bertz CT molecular complexity index is 1030. The van der Waals surface area contributed by atoms with Crippen LogP contribution in [-0.2, 0) is 16.0 Å². The molecule has 0 unspecified atom stereocenters. The number of amides is 2. The van der Waals surface area contributed by atoms with E-state index in [1.807, 2.05) is 79.0 Å². The highest BCUT2D eigenvalue weighted by Gasteiger charge is 2.34. The van der Waals surface area contributed by atoms with Crippen LogP contribution in [0.4, 0.5) is 5.69 Å². The zero-order valence-corrected chi connectivity index (χ0v) is 19.7. The molecular weight excluding hydrogens is 432 g/mol. The summed E-state index contributed by atoms with van der Waals surface area (Å²) in [5, 5.41) is 5.18. The molecule has 1 N–H and O–H groups in total. The van der Waals surface area contributed by atoms with Crippen molar-refractivity contribution in [2.75, 3.05) is 11.5 Å². The lowest BCUT2D eigenvalue weighted by atomic mass is 10.0. The molecule has 1 heterocycles. The Hall–Kier alpha value is -3.12. The third-order valence-electron chi connectivity index (χ3n) is 5.92. The van der Waals surface area contributed by atoms with Gasteiger partial charge < -0.3 is 10.1 Å². The average molecular weight is 463 g/mol. The zero-order valence-electron chi connectivity index (χ0n) is 18.9. The minimum Gasteiger partial charge on any atom is -0.494 e. The molecular formula is C27H30N2O3S. The number of hydrogen-bond acceptors (Lipinski definition) is 4.